The van der Waals surface area contributed by atoms with Gasteiger partial charge in [-0.05, 0) is 68.3 Å². The molecule has 0 atom stereocenters. The van der Waals surface area contributed by atoms with Crippen molar-refractivity contribution < 1.29 is 31.5 Å². The molecule has 12 heteroatoms. The second-order valence-electron chi connectivity index (χ2n) is 8.87. The van der Waals surface area contributed by atoms with E-state index in [1.54, 1.807) is 22.5 Å². The maximum absolute atomic E-state index is 13.5. The number of nitrogens with zero attached hydrogens (tertiary/aromatic N) is 3. The van der Waals surface area contributed by atoms with Gasteiger partial charge in [-0.1, -0.05) is 12.1 Å². The fraction of sp³-hybridized carbons (Fsp3) is 0.296. The van der Waals surface area contributed by atoms with Gasteiger partial charge in [-0.3, -0.25) is 4.79 Å². The number of ether oxygens (including phenoxy) is 1. The summed E-state index contributed by atoms with van der Waals surface area (Å²) in [5, 5.41) is 3.93. The molecule has 4 aromatic rings. The quantitative estimate of drug-likeness (QED) is 0.175. The molecule has 0 saturated heterocycles. The number of amides is 1. The molecule has 206 valence electrons. The van der Waals surface area contributed by atoms with Gasteiger partial charge in [-0.25, -0.2) is 18.7 Å². The molecule has 2 aromatic heterocycles. The second-order valence-corrected chi connectivity index (χ2v) is 9.97. The van der Waals surface area contributed by atoms with E-state index in [1.165, 1.54) is 42.5 Å². The number of carbonyl (C=O) groups excluding carboxylic acids is 1. The highest BCUT2D eigenvalue weighted by atomic mass is 32.2. The van der Waals surface area contributed by atoms with Gasteiger partial charge in [0.15, 0.2) is 5.09 Å². The fourth-order valence-electron chi connectivity index (χ4n) is 3.60. The Labute approximate surface area is 226 Å². The van der Waals surface area contributed by atoms with Crippen LogP contribution in [-0.2, 0) is 22.3 Å². The predicted octanol–water partition coefficient (Wildman–Crippen LogP) is 6.10. The normalized spacial score (nSPS) is 12.0. The molecule has 4 rings (SSSR count). The summed E-state index contributed by atoms with van der Waals surface area (Å²) in [6.45, 7) is 4.74. The number of carbonyl (C=O) groups is 1. The average Bonchev–Trinajstić information content (AvgIpc) is 3.28. The lowest BCUT2D eigenvalue weighted by molar-refractivity contribution is -0.137. The van der Waals surface area contributed by atoms with E-state index >= 15 is 0 Å². The second kappa shape index (κ2) is 12.6. The summed E-state index contributed by atoms with van der Waals surface area (Å²) in [6.07, 6.45) is -3.10. The largest absolute Gasteiger partial charge is 0.449 e. The van der Waals surface area contributed by atoms with Gasteiger partial charge in [-0.2, -0.15) is 13.2 Å². The van der Waals surface area contributed by atoms with Crippen LogP contribution >= 0.6 is 11.9 Å². The Bertz CT molecular complexity index is 1410. The molecule has 0 unspecified atom stereocenters. The number of aromatic nitrogens is 2. The lowest BCUT2D eigenvalue weighted by atomic mass is 10.1. The van der Waals surface area contributed by atoms with Gasteiger partial charge in [-0.15, -0.1) is 0 Å². The highest BCUT2D eigenvalue weighted by molar-refractivity contribution is 7.96. The number of furan rings is 1. The zero-order valence-electron chi connectivity index (χ0n) is 21.2. The molecule has 7 nitrogen and oxygen atoms in total. The first kappa shape index (κ1) is 28.5. The molecule has 0 aliphatic carbocycles. The average molecular weight is 563 g/mol. The minimum absolute atomic E-state index is 0.00831. The fourth-order valence-corrected chi connectivity index (χ4v) is 4.51. The van der Waals surface area contributed by atoms with Crippen molar-refractivity contribution in [3.63, 3.8) is 0 Å². The number of alkyl halides is 3. The van der Waals surface area contributed by atoms with Crippen LogP contribution in [0.4, 0.5) is 17.6 Å². The van der Waals surface area contributed by atoms with E-state index in [0.717, 1.165) is 12.1 Å². The number of hydrogen-bond acceptors (Lipinski definition) is 7. The number of benzene rings is 2. The zero-order chi connectivity index (χ0) is 28.0. The smallest absolute Gasteiger partial charge is 0.416 e. The van der Waals surface area contributed by atoms with Crippen LogP contribution in [0.15, 0.2) is 70.4 Å². The Balaban J connectivity index is 1.38. The summed E-state index contributed by atoms with van der Waals surface area (Å²) >= 11 is 1.22. The molecule has 39 heavy (non-hydrogen) atoms. The Morgan fingerprint density at radius 3 is 2.59 bits per heavy atom. The van der Waals surface area contributed by atoms with Crippen LogP contribution in [0.1, 0.15) is 25.1 Å². The van der Waals surface area contributed by atoms with Gasteiger partial charge in [0.05, 0.1) is 42.8 Å². The van der Waals surface area contributed by atoms with Crippen LogP contribution in [0, 0.1) is 5.82 Å². The predicted molar refractivity (Wildman–Crippen MR) is 139 cm³/mol. The minimum atomic E-state index is -4.42. The van der Waals surface area contributed by atoms with E-state index in [9.17, 15) is 22.4 Å². The molecule has 0 bridgehead atoms. The zero-order valence-corrected chi connectivity index (χ0v) is 22.0. The Morgan fingerprint density at radius 2 is 1.87 bits per heavy atom. The molecule has 0 aliphatic rings. The number of halogens is 4. The summed E-state index contributed by atoms with van der Waals surface area (Å²) in [5.41, 5.74) is 1.22. The molecular formula is C27H26F4N4O3S. The van der Waals surface area contributed by atoms with E-state index < -0.39 is 11.7 Å². The molecule has 0 saturated carbocycles. The summed E-state index contributed by atoms with van der Waals surface area (Å²) in [6, 6.07) is 12.2. The van der Waals surface area contributed by atoms with Crippen molar-refractivity contribution >= 4 is 28.8 Å². The molecule has 1 amide bonds. The van der Waals surface area contributed by atoms with E-state index in [4.69, 9.17) is 9.15 Å². The molecule has 2 aromatic carbocycles. The van der Waals surface area contributed by atoms with Crippen LogP contribution < -0.4 is 5.32 Å². The molecule has 0 aliphatic heterocycles. The third kappa shape index (κ3) is 8.25. The van der Waals surface area contributed by atoms with E-state index in [0.29, 0.717) is 46.2 Å². The molecule has 0 fully saturated rings. The van der Waals surface area contributed by atoms with Crippen molar-refractivity contribution in [3.05, 3.63) is 78.0 Å². The molecule has 0 spiro atoms. The van der Waals surface area contributed by atoms with Crippen molar-refractivity contribution in [1.82, 2.24) is 19.6 Å². The van der Waals surface area contributed by atoms with Crippen molar-refractivity contribution in [1.29, 1.82) is 0 Å². The first-order chi connectivity index (χ1) is 18.6. The lowest BCUT2D eigenvalue weighted by Crippen LogP contribution is -2.35. The Morgan fingerprint density at radius 1 is 1.10 bits per heavy atom. The van der Waals surface area contributed by atoms with Crippen molar-refractivity contribution in [2.24, 2.45) is 0 Å². The van der Waals surface area contributed by atoms with Crippen LogP contribution in [0.5, 0.6) is 0 Å². The summed E-state index contributed by atoms with van der Waals surface area (Å²) < 4.78 is 65.3. The summed E-state index contributed by atoms with van der Waals surface area (Å²) in [4.78, 5) is 21.1. The molecule has 1 N–H and O–H groups in total. The number of hydrogen-bond donors (Lipinski definition) is 1. The third-order valence-corrected chi connectivity index (χ3v) is 6.44. The van der Waals surface area contributed by atoms with Gasteiger partial charge in [0.2, 0.25) is 5.91 Å². The number of fused-ring (bicyclic) bond motifs is 1. The molecule has 2 heterocycles. The van der Waals surface area contributed by atoms with Crippen LogP contribution in [-0.4, -0.2) is 46.0 Å². The third-order valence-electron chi connectivity index (χ3n) is 5.49. The van der Waals surface area contributed by atoms with Crippen LogP contribution in [0.2, 0.25) is 0 Å². The maximum atomic E-state index is 13.5. The van der Waals surface area contributed by atoms with Crippen molar-refractivity contribution in [2.45, 2.75) is 37.8 Å². The highest BCUT2D eigenvalue weighted by Gasteiger charge is 2.30. The number of nitrogens with one attached hydrogen (secondary N) is 1. The topological polar surface area (TPSA) is 80.5 Å². The van der Waals surface area contributed by atoms with E-state index in [1.807, 2.05) is 13.8 Å². The van der Waals surface area contributed by atoms with Gasteiger partial charge < -0.3 is 14.5 Å². The first-order valence-corrected chi connectivity index (χ1v) is 12.8. The lowest BCUT2D eigenvalue weighted by Gasteiger charge is -2.20. The van der Waals surface area contributed by atoms with E-state index in [-0.39, 0.29) is 30.9 Å². The maximum Gasteiger partial charge on any atom is 0.416 e. The monoisotopic (exact) mass is 562 g/mol. The van der Waals surface area contributed by atoms with Crippen molar-refractivity contribution in [3.8, 4) is 11.3 Å². The first-order valence-electron chi connectivity index (χ1n) is 12.1. The Hall–Kier alpha value is -3.48. The van der Waals surface area contributed by atoms with Gasteiger partial charge in [0, 0.05) is 17.5 Å². The van der Waals surface area contributed by atoms with Crippen molar-refractivity contribution in [2.75, 3.05) is 19.7 Å². The van der Waals surface area contributed by atoms with Crippen LogP contribution in [0.3, 0.4) is 0 Å². The van der Waals surface area contributed by atoms with E-state index in [2.05, 4.69) is 15.3 Å². The van der Waals surface area contributed by atoms with Crippen LogP contribution in [0.25, 0.3) is 22.2 Å². The summed E-state index contributed by atoms with van der Waals surface area (Å²) in [5.74, 6) is -0.656. The standard InChI is InChI=1S/C27H26F4N4O3S/c1-17(2)37-10-9-35(39-26-12-19-11-21(28)7-8-24(19)38-26)15-25(36)32-14-22-13-23(34-16-33-22)18-3-5-20(6-4-18)27(29,30)31/h3-8,11-13,16-17H,9-10,14-15H2,1-2H3,(H,32,36). The van der Waals surface area contributed by atoms with Gasteiger partial charge in [0.1, 0.15) is 17.7 Å². The minimum Gasteiger partial charge on any atom is -0.449 e. The van der Waals surface area contributed by atoms with Gasteiger partial charge in [0.25, 0.3) is 0 Å². The van der Waals surface area contributed by atoms with Gasteiger partial charge >= 0.3 is 6.18 Å². The SMILES string of the molecule is CC(C)OCCN(CC(=O)NCc1cc(-c2ccc(C(F)(F)F)cc2)ncn1)Sc1cc2cc(F)ccc2o1. The molecule has 0 radical (unpaired) electrons. The number of rotatable bonds is 11. The highest BCUT2D eigenvalue weighted by Crippen LogP contribution is 2.31. The molecular weight excluding hydrogens is 536 g/mol. The summed E-state index contributed by atoms with van der Waals surface area (Å²) in [7, 11) is 0. The Kier molecular flexibility index (Phi) is 9.20.